The highest BCUT2D eigenvalue weighted by atomic mass is 35.5. The van der Waals surface area contributed by atoms with Crippen molar-refractivity contribution in [3.8, 4) is 0 Å². The van der Waals surface area contributed by atoms with Crippen molar-refractivity contribution in [1.29, 1.82) is 0 Å². The molecule has 24 heavy (non-hydrogen) atoms. The molecular formula is C18H27ClN2O3. The van der Waals surface area contributed by atoms with E-state index in [1.54, 1.807) is 12.1 Å². The molecule has 2 aliphatic rings. The smallest absolute Gasteiger partial charge is 0.251 e. The van der Waals surface area contributed by atoms with Crippen molar-refractivity contribution < 1.29 is 14.3 Å². The van der Waals surface area contributed by atoms with Gasteiger partial charge in [0.25, 0.3) is 5.91 Å². The number of nitrogens with two attached hydrogens (primary N) is 1. The molecule has 1 amide bonds. The van der Waals surface area contributed by atoms with E-state index >= 15 is 0 Å². The van der Waals surface area contributed by atoms with Gasteiger partial charge in [0.05, 0.1) is 6.61 Å². The van der Waals surface area contributed by atoms with Gasteiger partial charge in [-0.2, -0.15) is 0 Å². The first-order chi connectivity index (χ1) is 11.2. The fourth-order valence-corrected chi connectivity index (χ4v) is 3.35. The summed E-state index contributed by atoms with van der Waals surface area (Å²) in [6.45, 7) is 1.53. The summed E-state index contributed by atoms with van der Waals surface area (Å²) in [5.41, 5.74) is 7.23. The van der Waals surface area contributed by atoms with E-state index in [4.69, 9.17) is 15.2 Å². The zero-order valence-electron chi connectivity index (χ0n) is 14.0. The number of halogens is 1. The van der Waals surface area contributed by atoms with Crippen molar-refractivity contribution in [2.75, 3.05) is 13.2 Å². The first kappa shape index (κ1) is 19.2. The highest BCUT2D eigenvalue weighted by Gasteiger charge is 2.41. The summed E-state index contributed by atoms with van der Waals surface area (Å²) < 4.78 is 12.1. The lowest BCUT2D eigenvalue weighted by Gasteiger charge is -2.26. The molecule has 1 saturated heterocycles. The van der Waals surface area contributed by atoms with Gasteiger partial charge >= 0.3 is 0 Å². The Morgan fingerprint density at radius 2 is 1.83 bits per heavy atom. The van der Waals surface area contributed by atoms with E-state index in [1.807, 2.05) is 12.1 Å². The van der Waals surface area contributed by atoms with Crippen molar-refractivity contribution in [3.63, 3.8) is 0 Å². The Kier molecular flexibility index (Phi) is 7.04. The molecule has 1 aromatic rings. The third kappa shape index (κ3) is 4.70. The lowest BCUT2D eigenvalue weighted by molar-refractivity contribution is -0.175. The molecule has 1 aliphatic heterocycles. The fourth-order valence-electron chi connectivity index (χ4n) is 3.35. The molecule has 0 radical (unpaired) electrons. The van der Waals surface area contributed by atoms with Gasteiger partial charge in [0.2, 0.25) is 0 Å². The third-order valence-electron chi connectivity index (χ3n) is 4.72. The molecule has 3 N–H and O–H groups in total. The van der Waals surface area contributed by atoms with Gasteiger partial charge in [0.15, 0.2) is 5.79 Å². The number of hydrogen-bond donors (Lipinski definition) is 2. The molecule has 2 fully saturated rings. The predicted molar refractivity (Wildman–Crippen MR) is 95.2 cm³/mol. The van der Waals surface area contributed by atoms with Gasteiger partial charge in [-0.15, -0.1) is 12.4 Å². The van der Waals surface area contributed by atoms with Crippen LogP contribution >= 0.6 is 12.4 Å². The molecule has 134 valence electrons. The van der Waals surface area contributed by atoms with Crippen LogP contribution in [0.4, 0.5) is 0 Å². The third-order valence-corrected chi connectivity index (χ3v) is 4.72. The highest BCUT2D eigenvalue weighted by Crippen LogP contribution is 2.36. The van der Waals surface area contributed by atoms with E-state index in [2.05, 4.69) is 5.32 Å². The molecule has 5 nitrogen and oxygen atoms in total. The molecule has 1 unspecified atom stereocenters. The Morgan fingerprint density at radius 3 is 2.46 bits per heavy atom. The van der Waals surface area contributed by atoms with Gasteiger partial charge in [-0.1, -0.05) is 25.0 Å². The van der Waals surface area contributed by atoms with Crippen LogP contribution in [0.5, 0.6) is 0 Å². The van der Waals surface area contributed by atoms with Crippen LogP contribution in [0.1, 0.15) is 54.4 Å². The number of benzene rings is 1. The second-order valence-electron chi connectivity index (χ2n) is 6.49. The number of hydrogen-bond acceptors (Lipinski definition) is 4. The first-order valence-electron chi connectivity index (χ1n) is 8.60. The van der Waals surface area contributed by atoms with Crippen LogP contribution < -0.4 is 11.1 Å². The molecule has 1 saturated carbocycles. The SMILES string of the molecule is Cl.NCc1ccc(C(=O)NCC2COC3(CCCCCC3)O2)cc1. The summed E-state index contributed by atoms with van der Waals surface area (Å²) in [6.07, 6.45) is 6.72. The minimum absolute atomic E-state index is 0. The molecule has 0 aromatic heterocycles. The van der Waals surface area contributed by atoms with E-state index in [0.717, 1.165) is 31.2 Å². The predicted octanol–water partition coefficient (Wildman–Crippen LogP) is 2.76. The van der Waals surface area contributed by atoms with Crippen LogP contribution in [0.25, 0.3) is 0 Å². The second kappa shape index (κ2) is 8.81. The largest absolute Gasteiger partial charge is 0.349 e. The monoisotopic (exact) mass is 354 g/mol. The number of carbonyl (C=O) groups excluding carboxylic acids is 1. The Hall–Kier alpha value is -1.14. The van der Waals surface area contributed by atoms with Crippen LogP contribution in [-0.4, -0.2) is 30.9 Å². The summed E-state index contributed by atoms with van der Waals surface area (Å²) in [5.74, 6) is -0.478. The molecule has 0 bridgehead atoms. The Balaban J connectivity index is 0.00000208. The van der Waals surface area contributed by atoms with Gasteiger partial charge < -0.3 is 20.5 Å². The van der Waals surface area contributed by atoms with Crippen molar-refractivity contribution in [2.24, 2.45) is 5.73 Å². The number of nitrogens with one attached hydrogen (secondary N) is 1. The summed E-state index contributed by atoms with van der Waals surface area (Å²) in [7, 11) is 0. The average molecular weight is 355 g/mol. The van der Waals surface area contributed by atoms with Crippen LogP contribution in [0.2, 0.25) is 0 Å². The number of ether oxygens (including phenoxy) is 2. The Morgan fingerprint density at radius 1 is 1.17 bits per heavy atom. The van der Waals surface area contributed by atoms with E-state index < -0.39 is 5.79 Å². The molecule has 1 heterocycles. The maximum Gasteiger partial charge on any atom is 0.251 e. The van der Waals surface area contributed by atoms with Crippen molar-refractivity contribution >= 4 is 18.3 Å². The first-order valence-corrected chi connectivity index (χ1v) is 8.60. The number of rotatable bonds is 4. The zero-order chi connectivity index (χ0) is 16.1. The Bertz CT molecular complexity index is 528. The molecule has 6 heteroatoms. The van der Waals surface area contributed by atoms with Gasteiger partial charge in [-0.3, -0.25) is 4.79 Å². The highest BCUT2D eigenvalue weighted by molar-refractivity contribution is 5.94. The van der Waals surface area contributed by atoms with Crippen molar-refractivity contribution in [3.05, 3.63) is 35.4 Å². The molecule has 1 aliphatic carbocycles. The molecule has 1 atom stereocenters. The van der Waals surface area contributed by atoms with Crippen LogP contribution in [-0.2, 0) is 16.0 Å². The Labute approximate surface area is 149 Å². The molecule has 1 spiro atoms. The lowest BCUT2D eigenvalue weighted by atomic mass is 10.1. The van der Waals surface area contributed by atoms with Gasteiger partial charge in [0.1, 0.15) is 6.10 Å². The summed E-state index contributed by atoms with van der Waals surface area (Å²) in [4.78, 5) is 12.2. The quantitative estimate of drug-likeness (QED) is 0.872. The summed E-state index contributed by atoms with van der Waals surface area (Å²) in [5, 5.41) is 2.94. The van der Waals surface area contributed by atoms with E-state index in [1.165, 1.54) is 12.8 Å². The minimum Gasteiger partial charge on any atom is -0.349 e. The van der Waals surface area contributed by atoms with E-state index in [9.17, 15) is 4.79 Å². The van der Waals surface area contributed by atoms with Gasteiger partial charge in [-0.25, -0.2) is 0 Å². The normalized spacial score (nSPS) is 22.6. The second-order valence-corrected chi connectivity index (χ2v) is 6.49. The topological polar surface area (TPSA) is 73.6 Å². The fraction of sp³-hybridized carbons (Fsp3) is 0.611. The maximum absolute atomic E-state index is 12.2. The molecule has 1 aromatic carbocycles. The zero-order valence-corrected chi connectivity index (χ0v) is 14.8. The summed E-state index contributed by atoms with van der Waals surface area (Å²) in [6, 6.07) is 7.36. The standard InChI is InChI=1S/C18H26N2O3.ClH/c19-11-14-5-7-15(8-6-14)17(21)20-12-16-13-22-18(23-16)9-3-1-2-4-10-18;/h5-8,16H,1-4,9-13,19H2,(H,20,21);1H. The molecule has 3 rings (SSSR count). The van der Waals surface area contributed by atoms with Crippen LogP contribution in [0.15, 0.2) is 24.3 Å². The minimum atomic E-state index is -0.394. The van der Waals surface area contributed by atoms with Gasteiger partial charge in [0, 0.05) is 31.5 Å². The van der Waals surface area contributed by atoms with E-state index in [-0.39, 0.29) is 24.4 Å². The van der Waals surface area contributed by atoms with Crippen molar-refractivity contribution in [1.82, 2.24) is 5.32 Å². The van der Waals surface area contributed by atoms with Crippen molar-refractivity contribution in [2.45, 2.75) is 57.0 Å². The summed E-state index contributed by atoms with van der Waals surface area (Å²) >= 11 is 0. The molecular weight excluding hydrogens is 328 g/mol. The maximum atomic E-state index is 12.2. The van der Waals surface area contributed by atoms with E-state index in [0.29, 0.717) is 25.3 Å². The lowest BCUT2D eigenvalue weighted by Crippen LogP contribution is -2.36. The number of amides is 1. The average Bonchev–Trinajstić information content (AvgIpc) is 2.84. The van der Waals surface area contributed by atoms with Gasteiger partial charge in [-0.05, 0) is 30.5 Å². The van der Waals surface area contributed by atoms with Crippen LogP contribution in [0.3, 0.4) is 0 Å². The van der Waals surface area contributed by atoms with Crippen LogP contribution in [0, 0.1) is 0 Å². The number of carbonyl (C=O) groups is 1.